The number of hydrogen-bond donors (Lipinski definition) is 1. The average Bonchev–Trinajstić information content (AvgIpc) is 2.35. The molecule has 1 N–H and O–H groups in total. The highest BCUT2D eigenvalue weighted by molar-refractivity contribution is 9.09. The van der Waals surface area contributed by atoms with E-state index >= 15 is 0 Å². The van der Waals surface area contributed by atoms with E-state index in [0.29, 0.717) is 18.9 Å². The van der Waals surface area contributed by atoms with E-state index in [1.54, 1.807) is 0 Å². The zero-order valence-electron chi connectivity index (χ0n) is 6.57. The van der Waals surface area contributed by atoms with Crippen LogP contribution in [0.3, 0.4) is 0 Å². The second-order valence-corrected chi connectivity index (χ2v) is 4.73. The van der Waals surface area contributed by atoms with Crippen molar-refractivity contribution in [1.82, 2.24) is 0 Å². The highest BCUT2D eigenvalue weighted by atomic mass is 79.9. The number of halogens is 1. The Bertz CT molecular complexity index is 206. The van der Waals surface area contributed by atoms with Gasteiger partial charge in [-0.3, -0.25) is 4.79 Å². The number of aliphatic hydroxyl groups excluding tert-OH is 1. The van der Waals surface area contributed by atoms with E-state index in [1.165, 1.54) is 0 Å². The Morgan fingerprint density at radius 3 is 3.00 bits per heavy atom. The number of hydrogen-bond acceptors (Lipinski definition) is 3. The van der Waals surface area contributed by atoms with Crippen LogP contribution in [0, 0.1) is 11.8 Å². The molecular weight excluding hydrogens is 224 g/mol. The molecule has 4 heteroatoms. The van der Waals surface area contributed by atoms with Crippen LogP contribution in [0.15, 0.2) is 0 Å². The van der Waals surface area contributed by atoms with E-state index in [-0.39, 0.29) is 16.7 Å². The highest BCUT2D eigenvalue weighted by Gasteiger charge is 2.44. The lowest BCUT2D eigenvalue weighted by Gasteiger charge is -2.29. The summed E-state index contributed by atoms with van der Waals surface area (Å²) in [6.07, 6.45) is 1.01. The monoisotopic (exact) mass is 234 g/mol. The summed E-state index contributed by atoms with van der Waals surface area (Å²) in [5.74, 6) is 0.150. The molecule has 0 radical (unpaired) electrons. The van der Waals surface area contributed by atoms with E-state index in [2.05, 4.69) is 15.9 Å². The predicted molar refractivity (Wildman–Crippen MR) is 45.9 cm³/mol. The van der Waals surface area contributed by atoms with Gasteiger partial charge in [0.25, 0.3) is 0 Å². The Kier molecular flexibility index (Phi) is 2.12. The van der Waals surface area contributed by atoms with Crippen LogP contribution in [0.4, 0.5) is 0 Å². The summed E-state index contributed by atoms with van der Waals surface area (Å²) in [7, 11) is 0. The molecule has 0 aromatic carbocycles. The van der Waals surface area contributed by atoms with Gasteiger partial charge in [0.15, 0.2) is 0 Å². The van der Waals surface area contributed by atoms with Gasteiger partial charge in [-0.05, 0) is 12.8 Å². The quantitative estimate of drug-likeness (QED) is 0.496. The number of esters is 1. The first-order valence-corrected chi connectivity index (χ1v) is 5.09. The molecule has 2 aliphatic rings. The fourth-order valence-corrected chi connectivity index (χ4v) is 2.68. The first kappa shape index (κ1) is 8.51. The fourth-order valence-electron chi connectivity index (χ4n) is 1.98. The van der Waals surface area contributed by atoms with E-state index in [0.717, 1.165) is 6.42 Å². The van der Waals surface area contributed by atoms with Gasteiger partial charge in [0.2, 0.25) is 0 Å². The molecule has 12 heavy (non-hydrogen) atoms. The molecule has 3 nitrogen and oxygen atoms in total. The molecule has 0 amide bonds. The van der Waals surface area contributed by atoms with Crippen LogP contribution in [-0.4, -0.2) is 28.6 Å². The summed E-state index contributed by atoms with van der Waals surface area (Å²) in [5.41, 5.74) is 0. The fraction of sp³-hybridized carbons (Fsp3) is 0.875. The maximum Gasteiger partial charge on any atom is 0.309 e. The van der Waals surface area contributed by atoms with Crippen molar-refractivity contribution in [3.63, 3.8) is 0 Å². The van der Waals surface area contributed by atoms with Crippen LogP contribution >= 0.6 is 15.9 Å². The van der Waals surface area contributed by atoms with Crippen LogP contribution in [-0.2, 0) is 9.53 Å². The third-order valence-corrected chi connectivity index (χ3v) is 3.74. The number of fused-ring (bicyclic) bond motifs is 1. The minimum Gasteiger partial charge on any atom is -0.465 e. The van der Waals surface area contributed by atoms with Crippen molar-refractivity contribution in [1.29, 1.82) is 0 Å². The second kappa shape index (κ2) is 3.00. The SMILES string of the molecule is O=C1OC[C@@H]2C[C@@H](Br)[C@H](O)C[C@H]12. The maximum atomic E-state index is 11.1. The summed E-state index contributed by atoms with van der Waals surface area (Å²) >= 11 is 3.39. The molecule has 0 aromatic rings. The zero-order valence-corrected chi connectivity index (χ0v) is 8.16. The van der Waals surface area contributed by atoms with Crippen molar-refractivity contribution in [3.05, 3.63) is 0 Å². The molecular formula is C8H11BrO3. The van der Waals surface area contributed by atoms with Gasteiger partial charge in [0.1, 0.15) is 0 Å². The van der Waals surface area contributed by atoms with Crippen molar-refractivity contribution in [3.8, 4) is 0 Å². The summed E-state index contributed by atoms with van der Waals surface area (Å²) < 4.78 is 4.93. The van der Waals surface area contributed by atoms with E-state index in [4.69, 9.17) is 4.74 Å². The normalized spacial score (nSPS) is 47.0. The topological polar surface area (TPSA) is 46.5 Å². The smallest absolute Gasteiger partial charge is 0.309 e. The van der Waals surface area contributed by atoms with Crippen LogP contribution < -0.4 is 0 Å². The van der Waals surface area contributed by atoms with Crippen molar-refractivity contribution < 1.29 is 14.6 Å². The Hall–Kier alpha value is -0.0900. The van der Waals surface area contributed by atoms with Gasteiger partial charge in [0, 0.05) is 10.7 Å². The van der Waals surface area contributed by atoms with Crippen molar-refractivity contribution in [2.24, 2.45) is 11.8 Å². The highest BCUT2D eigenvalue weighted by Crippen LogP contribution is 2.38. The predicted octanol–water partition coefficient (Wildman–Crippen LogP) is 0.694. The van der Waals surface area contributed by atoms with Crippen LogP contribution in [0.5, 0.6) is 0 Å². The molecule has 1 heterocycles. The van der Waals surface area contributed by atoms with Gasteiger partial charge >= 0.3 is 5.97 Å². The first-order valence-electron chi connectivity index (χ1n) is 4.17. The molecule has 0 bridgehead atoms. The summed E-state index contributed by atoms with van der Waals surface area (Å²) in [6, 6.07) is 0. The van der Waals surface area contributed by atoms with Gasteiger partial charge in [-0.2, -0.15) is 0 Å². The van der Waals surface area contributed by atoms with E-state index in [1.807, 2.05) is 0 Å². The summed E-state index contributed by atoms with van der Waals surface area (Å²) in [6.45, 7) is 0.540. The van der Waals surface area contributed by atoms with Crippen LogP contribution in [0.25, 0.3) is 0 Å². The molecule has 0 spiro atoms. The molecule has 1 aliphatic carbocycles. The van der Waals surface area contributed by atoms with Gasteiger partial charge < -0.3 is 9.84 Å². The van der Waals surface area contributed by atoms with Gasteiger partial charge in [-0.15, -0.1) is 0 Å². The first-order chi connectivity index (χ1) is 5.68. The lowest BCUT2D eigenvalue weighted by Crippen LogP contribution is -2.36. The Labute approximate surface area is 79.2 Å². The number of ether oxygens (including phenoxy) is 1. The Morgan fingerprint density at radius 2 is 2.25 bits per heavy atom. The molecule has 2 rings (SSSR count). The number of alkyl halides is 1. The van der Waals surface area contributed by atoms with Gasteiger partial charge in [-0.25, -0.2) is 0 Å². The lowest BCUT2D eigenvalue weighted by molar-refractivity contribution is -0.142. The van der Waals surface area contributed by atoms with E-state index < -0.39 is 6.10 Å². The third-order valence-electron chi connectivity index (χ3n) is 2.75. The average molecular weight is 235 g/mol. The van der Waals surface area contributed by atoms with E-state index in [9.17, 15) is 9.90 Å². The molecule has 2 fully saturated rings. The molecule has 68 valence electrons. The number of carbonyl (C=O) groups excluding carboxylic acids is 1. The Balaban J connectivity index is 2.09. The van der Waals surface area contributed by atoms with Gasteiger partial charge in [-0.1, -0.05) is 15.9 Å². The maximum absolute atomic E-state index is 11.1. The van der Waals surface area contributed by atoms with Crippen LogP contribution in [0.2, 0.25) is 0 Å². The van der Waals surface area contributed by atoms with Crippen LogP contribution in [0.1, 0.15) is 12.8 Å². The molecule has 1 saturated carbocycles. The third kappa shape index (κ3) is 1.27. The summed E-state index contributed by atoms with van der Waals surface area (Å²) in [5, 5.41) is 9.49. The van der Waals surface area contributed by atoms with Crippen molar-refractivity contribution in [2.75, 3.05) is 6.61 Å². The molecule has 1 saturated heterocycles. The minimum absolute atomic E-state index is 0.0474. The van der Waals surface area contributed by atoms with Crippen molar-refractivity contribution >= 4 is 21.9 Å². The lowest BCUT2D eigenvalue weighted by atomic mass is 9.80. The zero-order chi connectivity index (χ0) is 8.72. The van der Waals surface area contributed by atoms with Crippen molar-refractivity contribution in [2.45, 2.75) is 23.8 Å². The number of cyclic esters (lactones) is 1. The molecule has 0 unspecified atom stereocenters. The molecule has 1 aliphatic heterocycles. The standard InChI is InChI=1S/C8H11BrO3/c9-6-1-4-3-12-8(11)5(4)2-7(6)10/h4-7,10H,1-3H2/t4-,5-,6+,7+/m0/s1. The number of rotatable bonds is 0. The van der Waals surface area contributed by atoms with Gasteiger partial charge in [0.05, 0.1) is 18.6 Å². The summed E-state index contributed by atoms with van der Waals surface area (Å²) in [4.78, 5) is 11.2. The largest absolute Gasteiger partial charge is 0.465 e. The number of carbonyl (C=O) groups is 1. The minimum atomic E-state index is -0.392. The molecule has 0 aromatic heterocycles. The number of aliphatic hydroxyl groups is 1. The second-order valence-electron chi connectivity index (χ2n) is 3.55. The molecule has 4 atom stereocenters. The Morgan fingerprint density at radius 1 is 1.50 bits per heavy atom.